The first-order valence-corrected chi connectivity index (χ1v) is 8.88. The maximum absolute atomic E-state index is 14.3. The molecule has 1 N–H and O–H groups in total. The zero-order chi connectivity index (χ0) is 18.7. The monoisotopic (exact) mass is 429 g/mol. The number of carbonyl (C=O) groups is 1. The summed E-state index contributed by atoms with van der Waals surface area (Å²) >= 11 is 1.11. The van der Waals surface area contributed by atoms with Gasteiger partial charge in [-0.1, -0.05) is 15.9 Å². The lowest BCUT2D eigenvalue weighted by molar-refractivity contribution is -0.144. The third-order valence-corrected chi connectivity index (χ3v) is 5.42. The molecular formula is C15H19BrF3NO3S. The van der Waals surface area contributed by atoms with Crippen LogP contribution in [0.3, 0.4) is 0 Å². The molecule has 0 heterocycles. The van der Waals surface area contributed by atoms with Crippen molar-refractivity contribution >= 4 is 33.3 Å². The molecule has 0 bridgehead atoms. The molecule has 0 aliphatic rings. The molecule has 1 aromatic carbocycles. The van der Waals surface area contributed by atoms with E-state index in [2.05, 4.69) is 25.4 Å². The van der Waals surface area contributed by atoms with E-state index < -0.39 is 51.8 Å². The molecule has 0 radical (unpaired) electrons. The molecule has 0 aliphatic heterocycles. The van der Waals surface area contributed by atoms with E-state index >= 15 is 0 Å². The van der Waals surface area contributed by atoms with Crippen LogP contribution < -0.4 is 4.72 Å². The molecule has 1 unspecified atom stereocenters. The SMILES string of the molecule is COC(=O)CC(N[S@@+]([O-])C(C)(C)C)(c1cc(Br)ccc1F)C(F)F. The van der Waals surface area contributed by atoms with Crippen LogP contribution in [0, 0.1) is 5.82 Å². The Morgan fingerprint density at radius 1 is 1.42 bits per heavy atom. The largest absolute Gasteiger partial charge is 0.598 e. The molecule has 1 aromatic rings. The minimum absolute atomic E-state index is 0.345. The Labute approximate surface area is 150 Å². The van der Waals surface area contributed by atoms with Crippen LogP contribution in [-0.2, 0) is 26.4 Å². The number of hydrogen-bond acceptors (Lipinski definition) is 4. The van der Waals surface area contributed by atoms with Crippen LogP contribution in [0.15, 0.2) is 22.7 Å². The van der Waals surface area contributed by atoms with E-state index in [1.54, 1.807) is 20.8 Å². The summed E-state index contributed by atoms with van der Waals surface area (Å²) in [7, 11) is 1.04. The molecule has 0 aromatic heterocycles. The Morgan fingerprint density at radius 2 is 2.00 bits per heavy atom. The molecule has 0 saturated heterocycles. The number of alkyl halides is 2. The molecule has 0 spiro atoms. The van der Waals surface area contributed by atoms with Crippen LogP contribution in [0.1, 0.15) is 32.8 Å². The smallest absolute Gasteiger partial charge is 0.308 e. The predicted molar refractivity (Wildman–Crippen MR) is 89.4 cm³/mol. The highest BCUT2D eigenvalue weighted by Crippen LogP contribution is 2.37. The van der Waals surface area contributed by atoms with Crippen molar-refractivity contribution in [3.05, 3.63) is 34.1 Å². The van der Waals surface area contributed by atoms with Gasteiger partial charge in [-0.05, 0) is 39.0 Å². The van der Waals surface area contributed by atoms with Gasteiger partial charge in [-0.15, -0.1) is 4.72 Å². The van der Waals surface area contributed by atoms with E-state index in [4.69, 9.17) is 0 Å². The van der Waals surface area contributed by atoms with E-state index in [0.717, 1.165) is 19.2 Å². The second kappa shape index (κ2) is 8.07. The quantitative estimate of drug-likeness (QED) is 0.553. The van der Waals surface area contributed by atoms with Gasteiger partial charge < -0.3 is 9.29 Å². The first kappa shape index (κ1) is 21.3. The average molecular weight is 430 g/mol. The Morgan fingerprint density at radius 3 is 2.46 bits per heavy atom. The molecule has 24 heavy (non-hydrogen) atoms. The predicted octanol–water partition coefficient (Wildman–Crippen LogP) is 3.66. The zero-order valence-electron chi connectivity index (χ0n) is 13.7. The molecule has 0 amide bonds. The van der Waals surface area contributed by atoms with E-state index in [0.29, 0.717) is 4.47 Å². The number of ether oxygens (including phenoxy) is 1. The van der Waals surface area contributed by atoms with E-state index in [9.17, 15) is 22.5 Å². The molecule has 4 nitrogen and oxygen atoms in total. The normalized spacial score (nSPS) is 15.9. The summed E-state index contributed by atoms with van der Waals surface area (Å²) in [6.07, 6.45) is -4.09. The Balaban J connectivity index is 3.52. The molecule has 1 rings (SSSR count). The lowest BCUT2D eigenvalue weighted by atomic mass is 9.87. The summed E-state index contributed by atoms with van der Waals surface area (Å²) < 4.78 is 60.9. The molecule has 0 saturated carbocycles. The number of methoxy groups -OCH3 is 1. The minimum Gasteiger partial charge on any atom is -0.598 e. The van der Waals surface area contributed by atoms with Gasteiger partial charge in [0, 0.05) is 21.4 Å². The van der Waals surface area contributed by atoms with Crippen molar-refractivity contribution in [3.63, 3.8) is 0 Å². The second-order valence-corrected chi connectivity index (χ2v) is 9.01. The average Bonchev–Trinajstić information content (AvgIpc) is 2.47. The van der Waals surface area contributed by atoms with Gasteiger partial charge in [0.25, 0.3) is 6.43 Å². The third-order valence-electron chi connectivity index (χ3n) is 3.26. The summed E-state index contributed by atoms with van der Waals surface area (Å²) in [5.74, 6) is -1.92. The van der Waals surface area contributed by atoms with Gasteiger partial charge >= 0.3 is 5.97 Å². The van der Waals surface area contributed by atoms with Gasteiger partial charge in [0.05, 0.1) is 13.5 Å². The van der Waals surface area contributed by atoms with Gasteiger partial charge in [-0.3, -0.25) is 4.79 Å². The van der Waals surface area contributed by atoms with Crippen molar-refractivity contribution in [2.24, 2.45) is 0 Å². The molecule has 2 atom stereocenters. The summed E-state index contributed by atoms with van der Waals surface area (Å²) in [5.41, 5.74) is -2.95. The highest BCUT2D eigenvalue weighted by molar-refractivity contribution is 9.10. The molecule has 0 aliphatic carbocycles. The van der Waals surface area contributed by atoms with Crippen molar-refractivity contribution in [3.8, 4) is 0 Å². The van der Waals surface area contributed by atoms with Crippen LogP contribution in [0.5, 0.6) is 0 Å². The maximum atomic E-state index is 14.3. The van der Waals surface area contributed by atoms with Crippen LogP contribution in [0.25, 0.3) is 0 Å². The number of carbonyl (C=O) groups excluding carboxylic acids is 1. The standard InChI is InChI=1S/C15H19BrF3NO3S/c1-14(2,3)24(22)20-15(13(18)19,8-12(21)23-4)10-7-9(16)5-6-11(10)17/h5-7,13,20H,8H2,1-4H3/t15?,24-/m0/s1. The number of halogens is 4. The maximum Gasteiger partial charge on any atom is 0.308 e. The van der Waals surface area contributed by atoms with E-state index in [1.807, 2.05) is 0 Å². The summed E-state index contributed by atoms with van der Waals surface area (Å²) in [6, 6.07) is 3.47. The van der Waals surface area contributed by atoms with Crippen LogP contribution in [-0.4, -0.2) is 28.8 Å². The number of hydrogen-bond donors (Lipinski definition) is 1. The highest BCUT2D eigenvalue weighted by atomic mass is 79.9. The Bertz CT molecular complexity index is 598. The molecule has 0 fully saturated rings. The second-order valence-electron chi connectivity index (χ2n) is 6.13. The molecule has 9 heteroatoms. The van der Waals surface area contributed by atoms with Crippen molar-refractivity contribution in [1.82, 2.24) is 4.72 Å². The summed E-state index contributed by atoms with van der Waals surface area (Å²) in [4.78, 5) is 11.7. The first-order chi connectivity index (χ1) is 10.9. The fourth-order valence-electron chi connectivity index (χ4n) is 1.88. The van der Waals surface area contributed by atoms with E-state index in [-0.39, 0.29) is 0 Å². The summed E-state index contributed by atoms with van der Waals surface area (Å²) in [5, 5.41) is 0. The van der Waals surface area contributed by atoms with Crippen molar-refractivity contribution in [2.75, 3.05) is 7.11 Å². The third kappa shape index (κ3) is 4.87. The number of esters is 1. The van der Waals surface area contributed by atoms with E-state index in [1.165, 1.54) is 6.07 Å². The van der Waals surface area contributed by atoms with Crippen LogP contribution >= 0.6 is 15.9 Å². The summed E-state index contributed by atoms with van der Waals surface area (Å²) in [6.45, 7) is 4.71. The van der Waals surface area contributed by atoms with Crippen molar-refractivity contribution in [2.45, 2.75) is 43.9 Å². The van der Waals surface area contributed by atoms with Gasteiger partial charge in [0.15, 0.2) is 5.54 Å². The molecular weight excluding hydrogens is 411 g/mol. The van der Waals surface area contributed by atoms with Crippen LogP contribution in [0.4, 0.5) is 13.2 Å². The fourth-order valence-corrected chi connectivity index (χ4v) is 3.15. The Hall–Kier alpha value is -0.770. The molecule has 136 valence electrons. The lowest BCUT2D eigenvalue weighted by Crippen LogP contribution is -2.56. The fraction of sp³-hybridized carbons (Fsp3) is 0.533. The number of nitrogens with one attached hydrogen (secondary N) is 1. The van der Waals surface area contributed by atoms with Gasteiger partial charge in [0.2, 0.25) is 0 Å². The first-order valence-electron chi connectivity index (χ1n) is 6.94. The zero-order valence-corrected chi connectivity index (χ0v) is 16.1. The number of benzene rings is 1. The number of rotatable bonds is 6. The van der Waals surface area contributed by atoms with Crippen LogP contribution in [0.2, 0.25) is 0 Å². The Kier molecular flexibility index (Phi) is 7.16. The van der Waals surface area contributed by atoms with Crippen molar-refractivity contribution in [1.29, 1.82) is 0 Å². The minimum atomic E-state index is -3.22. The lowest BCUT2D eigenvalue weighted by Gasteiger charge is -2.36. The topological polar surface area (TPSA) is 61.4 Å². The van der Waals surface area contributed by atoms with Crippen molar-refractivity contribution < 1.29 is 27.3 Å². The highest BCUT2D eigenvalue weighted by Gasteiger charge is 2.51. The van der Waals surface area contributed by atoms with Gasteiger partial charge in [0.1, 0.15) is 10.6 Å². The van der Waals surface area contributed by atoms with Gasteiger partial charge in [-0.2, -0.15) is 0 Å². The van der Waals surface area contributed by atoms with Gasteiger partial charge in [-0.25, -0.2) is 13.2 Å².